The van der Waals surface area contributed by atoms with Crippen LogP contribution in [0.3, 0.4) is 0 Å². The summed E-state index contributed by atoms with van der Waals surface area (Å²) in [5.41, 5.74) is 6.15. The minimum absolute atomic E-state index is 0.171. The zero-order valence-corrected chi connectivity index (χ0v) is 32.9. The first kappa shape index (κ1) is 41.3. The van der Waals surface area contributed by atoms with Gasteiger partial charge in [-0.3, -0.25) is 9.59 Å². The lowest BCUT2D eigenvalue weighted by Gasteiger charge is -2.26. The SMILES string of the molecule is CC[C@H](c1ccc(OC(=O)Cc2ccc(N(CCCl)CCCl)cc2)cc1)[C@@H](CC)c1ccc(OC(=O)Cc2ccc(N(CCCl)CCCl)cc2)cc1. The molecular formula is C42H48Cl4N2O4. The van der Waals surface area contributed by atoms with Crippen LogP contribution in [-0.2, 0) is 22.4 Å². The van der Waals surface area contributed by atoms with E-state index in [9.17, 15) is 9.59 Å². The van der Waals surface area contributed by atoms with Gasteiger partial charge in [0.25, 0.3) is 0 Å². The molecular weight excluding hydrogens is 738 g/mol. The zero-order valence-electron chi connectivity index (χ0n) is 29.9. The lowest BCUT2D eigenvalue weighted by atomic mass is 9.78. The van der Waals surface area contributed by atoms with Crippen molar-refractivity contribution in [3.63, 3.8) is 0 Å². The Balaban J connectivity index is 1.31. The number of hydrogen-bond donors (Lipinski definition) is 0. The Labute approximate surface area is 328 Å². The van der Waals surface area contributed by atoms with Crippen LogP contribution in [0.25, 0.3) is 0 Å². The molecule has 0 heterocycles. The first-order chi connectivity index (χ1) is 25.3. The van der Waals surface area contributed by atoms with Crippen LogP contribution in [0, 0.1) is 0 Å². The van der Waals surface area contributed by atoms with Crippen molar-refractivity contribution in [3.8, 4) is 11.5 Å². The fourth-order valence-corrected chi connectivity index (χ4v) is 7.35. The second-order valence-electron chi connectivity index (χ2n) is 12.5. The Morgan fingerprint density at radius 1 is 0.500 bits per heavy atom. The molecule has 0 aliphatic heterocycles. The number of carbonyl (C=O) groups excluding carboxylic acids is 2. The highest BCUT2D eigenvalue weighted by Crippen LogP contribution is 2.39. The molecule has 0 spiro atoms. The van der Waals surface area contributed by atoms with E-state index in [0.717, 1.165) is 35.3 Å². The molecule has 6 nitrogen and oxygen atoms in total. The Morgan fingerprint density at radius 2 is 0.808 bits per heavy atom. The average Bonchev–Trinajstić information content (AvgIpc) is 3.15. The molecule has 0 unspecified atom stereocenters. The quantitative estimate of drug-likeness (QED) is 0.0476. The summed E-state index contributed by atoms with van der Waals surface area (Å²) in [5, 5.41) is 0. The molecule has 2 atom stereocenters. The predicted octanol–water partition coefficient (Wildman–Crippen LogP) is 10.2. The van der Waals surface area contributed by atoms with Gasteiger partial charge >= 0.3 is 11.9 Å². The molecule has 0 N–H and O–H groups in total. The summed E-state index contributed by atoms with van der Waals surface area (Å²) in [6.45, 7) is 7.19. The standard InChI is InChI=1S/C42H48Cl4N2O4/c1-3-39(33-9-17-37(18-10-33)51-41(49)29-31-5-13-35(14-6-31)47(25-21-43)26-22-44)40(4-2)34-11-19-38(20-12-34)52-42(50)30-32-7-15-36(16-8-32)48(27-23-45)28-24-46/h5-20,39-40H,3-4,21-30H2,1-2H3/t39-,40+. The van der Waals surface area contributed by atoms with Crippen LogP contribution < -0.4 is 19.3 Å². The average molecular weight is 787 g/mol. The summed E-state index contributed by atoms with van der Waals surface area (Å²) in [7, 11) is 0. The van der Waals surface area contributed by atoms with Gasteiger partial charge in [-0.15, -0.1) is 46.4 Å². The normalized spacial score (nSPS) is 12.2. The monoisotopic (exact) mass is 784 g/mol. The highest BCUT2D eigenvalue weighted by molar-refractivity contribution is 6.19. The first-order valence-corrected chi connectivity index (χ1v) is 20.0. The highest BCUT2D eigenvalue weighted by Gasteiger charge is 2.23. The van der Waals surface area contributed by atoms with E-state index in [4.69, 9.17) is 55.9 Å². The van der Waals surface area contributed by atoms with Crippen molar-refractivity contribution in [1.29, 1.82) is 0 Å². The third-order valence-corrected chi connectivity index (χ3v) is 9.84. The van der Waals surface area contributed by atoms with Crippen molar-refractivity contribution in [2.24, 2.45) is 0 Å². The molecule has 4 aromatic carbocycles. The van der Waals surface area contributed by atoms with Gasteiger partial charge in [0.15, 0.2) is 0 Å². The molecule has 0 radical (unpaired) electrons. The van der Waals surface area contributed by atoms with Gasteiger partial charge in [-0.2, -0.15) is 0 Å². The number of anilines is 2. The molecule has 10 heteroatoms. The van der Waals surface area contributed by atoms with E-state index in [-0.39, 0.29) is 36.6 Å². The molecule has 0 aliphatic carbocycles. The number of nitrogens with zero attached hydrogens (tertiary/aromatic N) is 2. The van der Waals surface area contributed by atoms with Gasteiger partial charge in [0, 0.05) is 61.1 Å². The second-order valence-corrected chi connectivity index (χ2v) is 14.0. The third kappa shape index (κ3) is 12.3. The zero-order chi connectivity index (χ0) is 37.3. The maximum absolute atomic E-state index is 12.8. The van der Waals surface area contributed by atoms with Crippen LogP contribution >= 0.6 is 46.4 Å². The lowest BCUT2D eigenvalue weighted by Crippen LogP contribution is -2.27. The van der Waals surface area contributed by atoms with Crippen molar-refractivity contribution in [3.05, 3.63) is 119 Å². The largest absolute Gasteiger partial charge is 0.426 e. The van der Waals surface area contributed by atoms with Crippen LogP contribution in [0.1, 0.15) is 60.8 Å². The fraction of sp³-hybridized carbons (Fsp3) is 0.381. The summed E-state index contributed by atoms with van der Waals surface area (Å²) in [5.74, 6) is 2.96. The molecule has 4 rings (SSSR count). The summed E-state index contributed by atoms with van der Waals surface area (Å²) in [4.78, 5) is 29.8. The molecule has 0 saturated carbocycles. The van der Waals surface area contributed by atoms with E-state index in [2.05, 4.69) is 23.6 Å². The molecule has 0 amide bonds. The van der Waals surface area contributed by atoms with E-state index in [1.165, 1.54) is 11.1 Å². The second kappa shape index (κ2) is 21.9. The number of esters is 2. The third-order valence-electron chi connectivity index (χ3n) is 9.16. The molecule has 4 aromatic rings. The molecule has 0 bridgehead atoms. The Hall–Kier alpha value is -3.42. The molecule has 0 aliphatic rings. The van der Waals surface area contributed by atoms with Gasteiger partial charge in [-0.25, -0.2) is 0 Å². The van der Waals surface area contributed by atoms with Crippen LogP contribution in [-0.4, -0.2) is 61.6 Å². The van der Waals surface area contributed by atoms with Crippen molar-refractivity contribution in [2.45, 2.75) is 51.4 Å². The number of hydrogen-bond acceptors (Lipinski definition) is 6. The maximum atomic E-state index is 12.8. The van der Waals surface area contributed by atoms with Gasteiger partial charge < -0.3 is 19.3 Å². The molecule has 0 aromatic heterocycles. The van der Waals surface area contributed by atoms with E-state index >= 15 is 0 Å². The number of halogens is 4. The molecule has 0 fully saturated rings. The molecule has 278 valence electrons. The molecule has 0 saturated heterocycles. The summed E-state index contributed by atoms with van der Waals surface area (Å²) in [6, 6.07) is 31.3. The van der Waals surface area contributed by atoms with Gasteiger partial charge in [-0.05, 0) is 95.5 Å². The Bertz CT molecular complexity index is 1510. The summed E-state index contributed by atoms with van der Waals surface area (Å²) in [6.07, 6.45) is 2.22. The van der Waals surface area contributed by atoms with Gasteiger partial charge in [0.05, 0.1) is 12.8 Å². The number of rotatable bonds is 21. The number of benzene rings is 4. The van der Waals surface area contributed by atoms with Crippen molar-refractivity contribution >= 4 is 69.7 Å². The van der Waals surface area contributed by atoms with Gasteiger partial charge in [0.2, 0.25) is 0 Å². The van der Waals surface area contributed by atoms with Crippen molar-refractivity contribution < 1.29 is 19.1 Å². The lowest BCUT2D eigenvalue weighted by molar-refractivity contribution is -0.134. The van der Waals surface area contributed by atoms with Gasteiger partial charge in [0.1, 0.15) is 11.5 Å². The van der Waals surface area contributed by atoms with Crippen LogP contribution in [0.15, 0.2) is 97.1 Å². The highest BCUT2D eigenvalue weighted by atomic mass is 35.5. The van der Waals surface area contributed by atoms with Crippen LogP contribution in [0.4, 0.5) is 11.4 Å². The van der Waals surface area contributed by atoms with E-state index in [0.29, 0.717) is 61.2 Å². The smallest absolute Gasteiger partial charge is 0.315 e. The first-order valence-electron chi connectivity index (χ1n) is 17.8. The van der Waals surface area contributed by atoms with Crippen molar-refractivity contribution in [1.82, 2.24) is 0 Å². The number of carbonyl (C=O) groups is 2. The number of alkyl halides is 4. The minimum Gasteiger partial charge on any atom is -0.426 e. The fourth-order valence-electron chi connectivity index (χ4n) is 6.54. The van der Waals surface area contributed by atoms with Gasteiger partial charge in [-0.1, -0.05) is 62.4 Å². The van der Waals surface area contributed by atoms with E-state index in [1.807, 2.05) is 97.1 Å². The summed E-state index contributed by atoms with van der Waals surface area (Å²) >= 11 is 23.8. The van der Waals surface area contributed by atoms with E-state index in [1.54, 1.807) is 0 Å². The van der Waals surface area contributed by atoms with Crippen LogP contribution in [0.2, 0.25) is 0 Å². The predicted molar refractivity (Wildman–Crippen MR) is 218 cm³/mol. The molecule has 52 heavy (non-hydrogen) atoms. The topological polar surface area (TPSA) is 59.1 Å². The minimum atomic E-state index is -0.316. The maximum Gasteiger partial charge on any atom is 0.315 e. The van der Waals surface area contributed by atoms with Crippen molar-refractivity contribution in [2.75, 3.05) is 59.5 Å². The summed E-state index contributed by atoms with van der Waals surface area (Å²) < 4.78 is 11.4. The van der Waals surface area contributed by atoms with Crippen LogP contribution in [0.5, 0.6) is 11.5 Å². The number of ether oxygens (including phenoxy) is 2. The Kier molecular flexibility index (Phi) is 17.4. The Morgan fingerprint density at radius 3 is 1.08 bits per heavy atom. The van der Waals surface area contributed by atoms with E-state index < -0.39 is 0 Å².